The fraction of sp³-hybridized carbons (Fsp3) is 0.176. The Balaban J connectivity index is 1.73. The zero-order valence-electron chi connectivity index (χ0n) is 12.6. The van der Waals surface area contributed by atoms with Crippen molar-refractivity contribution < 1.29 is 14.0 Å². The number of primary amides is 1. The van der Waals surface area contributed by atoms with Crippen molar-refractivity contribution in [3.8, 4) is 0 Å². The first-order chi connectivity index (χ1) is 11.5. The van der Waals surface area contributed by atoms with Crippen LogP contribution in [0.4, 0.5) is 15.8 Å². The molecule has 5 nitrogen and oxygen atoms in total. The summed E-state index contributed by atoms with van der Waals surface area (Å²) in [6.07, 6.45) is 0. The number of hydrogen-bond donors (Lipinski definition) is 2. The molecule has 0 spiro atoms. The van der Waals surface area contributed by atoms with Crippen LogP contribution in [-0.2, 0) is 9.59 Å². The number of nitrogens with zero attached hydrogens (tertiary/aromatic N) is 1. The first-order valence-electron chi connectivity index (χ1n) is 7.34. The molecule has 2 amide bonds. The van der Waals surface area contributed by atoms with Crippen LogP contribution in [0.15, 0.2) is 42.5 Å². The van der Waals surface area contributed by atoms with Gasteiger partial charge < -0.3 is 16.0 Å². The summed E-state index contributed by atoms with van der Waals surface area (Å²) in [5.41, 5.74) is 7.49. The maximum atomic E-state index is 13.2. The molecular weight excluding hydrogens is 333 g/mol. The van der Waals surface area contributed by atoms with E-state index in [-0.39, 0.29) is 17.5 Å². The summed E-state index contributed by atoms with van der Waals surface area (Å²) in [7, 11) is 0. The van der Waals surface area contributed by atoms with Crippen molar-refractivity contribution >= 4 is 34.8 Å². The molecule has 0 aliphatic carbocycles. The molecule has 1 heterocycles. The minimum atomic E-state index is -0.549. The number of anilines is 2. The predicted octanol–water partition coefficient (Wildman–Crippen LogP) is 2.51. The van der Waals surface area contributed by atoms with Gasteiger partial charge in [-0.05, 0) is 29.8 Å². The molecular formula is C17H15ClFN3O2. The summed E-state index contributed by atoms with van der Waals surface area (Å²) in [5.74, 6) is -1.70. The Kier molecular flexibility index (Phi) is 4.40. The Labute approximate surface area is 143 Å². The molecule has 1 aliphatic heterocycles. The van der Waals surface area contributed by atoms with Gasteiger partial charge in [0.1, 0.15) is 5.82 Å². The molecule has 0 saturated carbocycles. The van der Waals surface area contributed by atoms with Gasteiger partial charge in [0.05, 0.1) is 17.5 Å². The topological polar surface area (TPSA) is 75.4 Å². The first-order valence-corrected chi connectivity index (χ1v) is 7.71. The van der Waals surface area contributed by atoms with E-state index < -0.39 is 17.6 Å². The van der Waals surface area contributed by atoms with Crippen LogP contribution in [0.1, 0.15) is 11.5 Å². The van der Waals surface area contributed by atoms with Gasteiger partial charge in [-0.15, -0.1) is 0 Å². The second-order valence-electron chi connectivity index (χ2n) is 5.57. The van der Waals surface area contributed by atoms with E-state index in [1.807, 2.05) is 24.3 Å². The first kappa shape index (κ1) is 16.3. The molecule has 0 fully saturated rings. The van der Waals surface area contributed by atoms with E-state index in [9.17, 15) is 14.0 Å². The van der Waals surface area contributed by atoms with Gasteiger partial charge in [-0.2, -0.15) is 0 Å². The molecule has 0 aromatic heterocycles. The van der Waals surface area contributed by atoms with Crippen molar-refractivity contribution in [3.63, 3.8) is 0 Å². The molecule has 24 heavy (non-hydrogen) atoms. The molecule has 0 saturated heterocycles. The third-order valence-corrected chi connectivity index (χ3v) is 4.23. The zero-order chi connectivity index (χ0) is 17.3. The summed E-state index contributed by atoms with van der Waals surface area (Å²) in [6, 6.07) is 11.3. The van der Waals surface area contributed by atoms with Crippen molar-refractivity contribution in [2.45, 2.75) is 5.92 Å². The standard InChI is InChI=1S/C17H15ClFN3O2/c18-13-7-10(5-6-14(13)19)21-16(23)9-22-8-12(17(20)24)11-3-1-2-4-15(11)22/h1-7,12H,8-9H2,(H2,20,24)(H,21,23). The lowest BCUT2D eigenvalue weighted by molar-refractivity contribution is -0.119. The third-order valence-electron chi connectivity index (χ3n) is 3.94. The highest BCUT2D eigenvalue weighted by Gasteiger charge is 2.32. The largest absolute Gasteiger partial charge is 0.369 e. The third kappa shape index (κ3) is 3.19. The van der Waals surface area contributed by atoms with Gasteiger partial charge in [-0.25, -0.2) is 4.39 Å². The molecule has 1 atom stereocenters. The highest BCUT2D eigenvalue weighted by molar-refractivity contribution is 6.31. The monoisotopic (exact) mass is 347 g/mol. The number of hydrogen-bond acceptors (Lipinski definition) is 3. The highest BCUT2D eigenvalue weighted by atomic mass is 35.5. The van der Waals surface area contributed by atoms with Crippen LogP contribution in [0.3, 0.4) is 0 Å². The fourth-order valence-electron chi connectivity index (χ4n) is 2.83. The van der Waals surface area contributed by atoms with E-state index in [0.717, 1.165) is 11.3 Å². The Bertz CT molecular complexity index is 812. The lowest BCUT2D eigenvalue weighted by Crippen LogP contribution is -2.34. The lowest BCUT2D eigenvalue weighted by Gasteiger charge is -2.19. The van der Waals surface area contributed by atoms with Crippen molar-refractivity contribution in [2.75, 3.05) is 23.3 Å². The summed E-state index contributed by atoms with van der Waals surface area (Å²) in [4.78, 5) is 25.6. The van der Waals surface area contributed by atoms with Crippen molar-refractivity contribution in [3.05, 3.63) is 58.9 Å². The number of nitrogens with two attached hydrogens (primary N) is 1. The highest BCUT2D eigenvalue weighted by Crippen LogP contribution is 2.35. The number of halogens is 2. The van der Waals surface area contributed by atoms with Crippen LogP contribution in [0.2, 0.25) is 5.02 Å². The summed E-state index contributed by atoms with van der Waals surface area (Å²) >= 11 is 5.70. The summed E-state index contributed by atoms with van der Waals surface area (Å²) in [6.45, 7) is 0.405. The molecule has 3 N–H and O–H groups in total. The van der Waals surface area contributed by atoms with Crippen molar-refractivity contribution in [1.29, 1.82) is 0 Å². The molecule has 2 aromatic rings. The molecule has 0 bridgehead atoms. The summed E-state index contributed by atoms with van der Waals surface area (Å²) < 4.78 is 13.2. The van der Waals surface area contributed by atoms with Gasteiger partial charge in [0.2, 0.25) is 11.8 Å². The molecule has 2 aromatic carbocycles. The second kappa shape index (κ2) is 6.49. The van der Waals surface area contributed by atoms with Crippen LogP contribution in [0, 0.1) is 5.82 Å². The molecule has 0 radical (unpaired) electrons. The number of nitrogens with one attached hydrogen (secondary N) is 1. The van der Waals surface area contributed by atoms with Crippen LogP contribution >= 0.6 is 11.6 Å². The number of carbonyl (C=O) groups is 2. The minimum Gasteiger partial charge on any atom is -0.369 e. The van der Waals surface area contributed by atoms with Crippen molar-refractivity contribution in [2.24, 2.45) is 5.73 Å². The SMILES string of the molecule is NC(=O)C1CN(CC(=O)Nc2ccc(F)c(Cl)c2)c2ccccc21. The molecule has 3 rings (SSSR count). The van der Waals surface area contributed by atoms with E-state index in [1.165, 1.54) is 18.2 Å². The minimum absolute atomic E-state index is 0.0514. The van der Waals surface area contributed by atoms with E-state index in [4.69, 9.17) is 17.3 Å². The lowest BCUT2D eigenvalue weighted by atomic mass is 10.0. The molecule has 1 unspecified atom stereocenters. The van der Waals surface area contributed by atoms with Gasteiger partial charge in [0.25, 0.3) is 0 Å². The fourth-order valence-corrected chi connectivity index (χ4v) is 3.01. The molecule has 124 valence electrons. The maximum Gasteiger partial charge on any atom is 0.243 e. The summed E-state index contributed by atoms with van der Waals surface area (Å²) in [5, 5.41) is 2.60. The Morgan fingerprint density at radius 1 is 1.29 bits per heavy atom. The number of carbonyl (C=O) groups excluding carboxylic acids is 2. The second-order valence-corrected chi connectivity index (χ2v) is 5.98. The van der Waals surface area contributed by atoms with E-state index in [2.05, 4.69) is 5.32 Å². The van der Waals surface area contributed by atoms with E-state index in [0.29, 0.717) is 12.2 Å². The number of para-hydroxylation sites is 1. The van der Waals surface area contributed by atoms with Gasteiger partial charge in [0, 0.05) is 17.9 Å². The molecule has 7 heteroatoms. The van der Waals surface area contributed by atoms with E-state index in [1.54, 1.807) is 4.90 Å². The van der Waals surface area contributed by atoms with Gasteiger partial charge >= 0.3 is 0 Å². The van der Waals surface area contributed by atoms with Crippen molar-refractivity contribution in [1.82, 2.24) is 0 Å². The van der Waals surface area contributed by atoms with Crippen LogP contribution in [0.5, 0.6) is 0 Å². The molecule has 1 aliphatic rings. The van der Waals surface area contributed by atoms with Gasteiger partial charge in [-0.1, -0.05) is 29.8 Å². The normalized spacial score (nSPS) is 15.9. The Morgan fingerprint density at radius 2 is 2.04 bits per heavy atom. The number of amides is 2. The van der Waals surface area contributed by atoms with Gasteiger partial charge in [-0.3, -0.25) is 9.59 Å². The Hall–Kier alpha value is -2.60. The maximum absolute atomic E-state index is 13.2. The van der Waals surface area contributed by atoms with E-state index >= 15 is 0 Å². The average molecular weight is 348 g/mol. The van der Waals surface area contributed by atoms with Crippen LogP contribution in [0.25, 0.3) is 0 Å². The van der Waals surface area contributed by atoms with Crippen LogP contribution in [-0.4, -0.2) is 24.9 Å². The number of benzene rings is 2. The Morgan fingerprint density at radius 3 is 2.75 bits per heavy atom. The average Bonchev–Trinajstić information content (AvgIpc) is 2.90. The number of rotatable bonds is 4. The van der Waals surface area contributed by atoms with Crippen LogP contribution < -0.4 is 16.0 Å². The zero-order valence-corrected chi connectivity index (χ0v) is 13.4. The quantitative estimate of drug-likeness (QED) is 0.892. The smallest absolute Gasteiger partial charge is 0.243 e. The predicted molar refractivity (Wildman–Crippen MR) is 90.6 cm³/mol. The number of fused-ring (bicyclic) bond motifs is 1. The van der Waals surface area contributed by atoms with Gasteiger partial charge in [0.15, 0.2) is 0 Å².